The van der Waals surface area contributed by atoms with Crippen molar-refractivity contribution in [2.75, 3.05) is 4.90 Å². The third-order valence-corrected chi connectivity index (χ3v) is 10.4. The molecule has 0 fully saturated rings. The molecule has 0 aliphatic heterocycles. The van der Waals surface area contributed by atoms with Gasteiger partial charge in [0, 0.05) is 38.7 Å². The van der Waals surface area contributed by atoms with Gasteiger partial charge in [0.2, 0.25) is 0 Å². The number of hydrogen-bond acceptors (Lipinski definition) is 2. The Kier molecular flexibility index (Phi) is 6.67. The molecule has 0 N–H and O–H groups in total. The quantitative estimate of drug-likeness (QED) is 0.186. The minimum Gasteiger partial charge on any atom is -0.455 e. The summed E-state index contributed by atoms with van der Waals surface area (Å²) in [7, 11) is 0. The highest BCUT2D eigenvalue weighted by molar-refractivity contribution is 6.19. The Hall–Kier alpha value is -6.38. The van der Waals surface area contributed by atoms with E-state index in [1.165, 1.54) is 43.8 Å². The molecule has 7 aromatic carbocycles. The van der Waals surface area contributed by atoms with E-state index < -0.39 is 0 Å². The van der Waals surface area contributed by atoms with Crippen LogP contribution in [-0.4, -0.2) is 0 Å². The summed E-state index contributed by atoms with van der Waals surface area (Å²) < 4.78 is 6.51. The Morgan fingerprint density at radius 1 is 0.560 bits per heavy atom. The number of nitrogens with zero attached hydrogens (tertiary/aromatic N) is 1. The molecule has 236 valence electrons. The molecule has 0 radical (unpaired) electrons. The number of allylic oxidation sites excluding steroid dienone is 4. The lowest BCUT2D eigenvalue weighted by atomic mass is 9.85. The fourth-order valence-corrected chi connectivity index (χ4v) is 7.98. The summed E-state index contributed by atoms with van der Waals surface area (Å²) in [6.07, 6.45) is 12.4. The fourth-order valence-electron chi connectivity index (χ4n) is 7.98. The second kappa shape index (κ2) is 11.6. The van der Waals surface area contributed by atoms with Gasteiger partial charge >= 0.3 is 0 Å². The van der Waals surface area contributed by atoms with Crippen LogP contribution >= 0.6 is 0 Å². The van der Waals surface area contributed by atoms with E-state index in [0.29, 0.717) is 5.92 Å². The Labute approximate surface area is 290 Å². The Morgan fingerprint density at radius 3 is 2.14 bits per heavy atom. The smallest absolute Gasteiger partial charge is 0.143 e. The second-order valence-electron chi connectivity index (χ2n) is 13.2. The highest BCUT2D eigenvalue weighted by Gasteiger charge is 2.21. The summed E-state index contributed by atoms with van der Waals surface area (Å²) in [5.41, 5.74) is 11.4. The van der Waals surface area contributed by atoms with E-state index in [2.05, 4.69) is 187 Å². The average Bonchev–Trinajstić information content (AvgIpc) is 3.59. The molecule has 10 rings (SSSR count). The van der Waals surface area contributed by atoms with Crippen molar-refractivity contribution < 1.29 is 4.42 Å². The number of furan rings is 1. The average molecular weight is 640 g/mol. The number of rotatable bonds is 5. The van der Waals surface area contributed by atoms with Crippen molar-refractivity contribution in [2.45, 2.75) is 6.42 Å². The van der Waals surface area contributed by atoms with Crippen molar-refractivity contribution >= 4 is 61.4 Å². The first-order valence-electron chi connectivity index (χ1n) is 17.4. The van der Waals surface area contributed by atoms with Gasteiger partial charge in [0.1, 0.15) is 11.2 Å². The van der Waals surface area contributed by atoms with Gasteiger partial charge in [-0.1, -0.05) is 140 Å². The summed E-state index contributed by atoms with van der Waals surface area (Å²) in [6, 6.07) is 54.6. The fraction of sp³-hybridized carbons (Fsp3) is 0.0417. The lowest BCUT2D eigenvalue weighted by Crippen LogP contribution is -2.36. The van der Waals surface area contributed by atoms with Crippen LogP contribution < -0.4 is 15.3 Å². The molecule has 2 nitrogen and oxygen atoms in total. The number of hydrogen-bond donors (Lipinski definition) is 0. The first-order chi connectivity index (χ1) is 24.8. The zero-order valence-corrected chi connectivity index (χ0v) is 27.5. The van der Waals surface area contributed by atoms with Crippen LogP contribution in [0.4, 0.5) is 17.1 Å². The summed E-state index contributed by atoms with van der Waals surface area (Å²) in [6.45, 7) is 0. The molecule has 50 heavy (non-hydrogen) atoms. The van der Waals surface area contributed by atoms with E-state index in [0.717, 1.165) is 50.7 Å². The van der Waals surface area contributed by atoms with E-state index in [9.17, 15) is 0 Å². The Balaban J connectivity index is 1.12. The summed E-state index contributed by atoms with van der Waals surface area (Å²) in [5, 5.41) is 7.23. The van der Waals surface area contributed by atoms with Gasteiger partial charge < -0.3 is 9.32 Å². The van der Waals surface area contributed by atoms with Crippen molar-refractivity contribution in [1.82, 2.24) is 0 Å². The van der Waals surface area contributed by atoms with Gasteiger partial charge in [-0.2, -0.15) is 0 Å². The molecule has 0 spiro atoms. The summed E-state index contributed by atoms with van der Waals surface area (Å²) in [5.74, 6) is 0.431. The molecule has 1 unspecified atom stereocenters. The topological polar surface area (TPSA) is 16.4 Å². The maximum Gasteiger partial charge on any atom is 0.143 e. The van der Waals surface area contributed by atoms with Gasteiger partial charge in [-0.05, 0) is 87.3 Å². The van der Waals surface area contributed by atoms with Crippen LogP contribution in [0.1, 0.15) is 6.42 Å². The van der Waals surface area contributed by atoms with Crippen molar-refractivity contribution in [1.29, 1.82) is 0 Å². The van der Waals surface area contributed by atoms with Crippen LogP contribution in [0.25, 0.3) is 66.6 Å². The highest BCUT2D eigenvalue weighted by Crippen LogP contribution is 2.41. The molecule has 0 bridgehead atoms. The van der Waals surface area contributed by atoms with Gasteiger partial charge in [0.25, 0.3) is 0 Å². The van der Waals surface area contributed by atoms with Gasteiger partial charge in [-0.25, -0.2) is 0 Å². The molecule has 2 aliphatic carbocycles. The molecule has 8 aromatic rings. The van der Waals surface area contributed by atoms with Crippen molar-refractivity contribution in [2.24, 2.45) is 5.92 Å². The number of anilines is 3. The van der Waals surface area contributed by atoms with Crippen molar-refractivity contribution in [3.63, 3.8) is 0 Å². The molecular formula is C48H33NO. The molecular weight excluding hydrogens is 607 g/mol. The Morgan fingerprint density at radius 2 is 1.30 bits per heavy atom. The predicted octanol–water partition coefficient (Wildman–Crippen LogP) is 11.6. The number of fused-ring (bicyclic) bond motifs is 7. The summed E-state index contributed by atoms with van der Waals surface area (Å²) >= 11 is 0. The zero-order valence-electron chi connectivity index (χ0n) is 27.5. The molecule has 1 aromatic heterocycles. The van der Waals surface area contributed by atoms with E-state index in [1.54, 1.807) is 0 Å². The van der Waals surface area contributed by atoms with E-state index in [4.69, 9.17) is 4.42 Å². The van der Waals surface area contributed by atoms with Crippen molar-refractivity contribution in [3.05, 3.63) is 186 Å². The third kappa shape index (κ3) is 4.64. The monoisotopic (exact) mass is 639 g/mol. The molecule has 0 saturated carbocycles. The minimum atomic E-state index is 0.431. The van der Waals surface area contributed by atoms with Gasteiger partial charge in [0.05, 0.1) is 5.69 Å². The molecule has 2 heteroatoms. The van der Waals surface area contributed by atoms with Gasteiger partial charge in [-0.3, -0.25) is 0 Å². The van der Waals surface area contributed by atoms with E-state index in [1.807, 2.05) is 0 Å². The predicted molar refractivity (Wildman–Crippen MR) is 210 cm³/mol. The highest BCUT2D eigenvalue weighted by atomic mass is 16.3. The lowest BCUT2D eigenvalue weighted by molar-refractivity contribution is 0.673. The van der Waals surface area contributed by atoms with Crippen molar-refractivity contribution in [3.8, 4) is 22.3 Å². The standard InChI is InChI=1S/C48H33NO/c1-2-10-32(11-3-1)33-20-26-37(27-21-33)49(45-18-8-17-42-39-14-6-4-12-34(39)24-30-43(42)45)38-28-22-36(23-29-38)40-16-9-19-46-47(40)44-31-25-35-13-5-7-15-41(35)48(44)50-46/h1-23,25-31,34H,24H2. The van der Waals surface area contributed by atoms with E-state index in [-0.39, 0.29) is 0 Å². The normalized spacial score (nSPS) is 14.9. The Bertz CT molecular complexity index is 2770. The van der Waals surface area contributed by atoms with Crippen LogP contribution in [0, 0.1) is 5.92 Å². The third-order valence-electron chi connectivity index (χ3n) is 10.4. The maximum atomic E-state index is 6.51. The zero-order chi connectivity index (χ0) is 33.0. The van der Waals surface area contributed by atoms with Crippen LogP contribution in [0.2, 0.25) is 0 Å². The van der Waals surface area contributed by atoms with Gasteiger partial charge in [0.15, 0.2) is 0 Å². The lowest BCUT2D eigenvalue weighted by Gasteiger charge is -2.28. The van der Waals surface area contributed by atoms with Crippen LogP contribution in [0.3, 0.4) is 0 Å². The van der Waals surface area contributed by atoms with Crippen LogP contribution in [0.5, 0.6) is 0 Å². The largest absolute Gasteiger partial charge is 0.455 e. The molecule has 1 atom stereocenters. The van der Waals surface area contributed by atoms with Gasteiger partial charge in [-0.15, -0.1) is 0 Å². The molecule has 0 saturated heterocycles. The number of benzene rings is 7. The first-order valence-corrected chi connectivity index (χ1v) is 17.4. The maximum absolute atomic E-state index is 6.51. The molecule has 1 heterocycles. The van der Waals surface area contributed by atoms with Crippen LogP contribution in [0.15, 0.2) is 180 Å². The minimum absolute atomic E-state index is 0.431. The van der Waals surface area contributed by atoms with Crippen LogP contribution in [-0.2, 0) is 0 Å². The molecule has 0 amide bonds. The second-order valence-corrected chi connectivity index (χ2v) is 13.2. The van der Waals surface area contributed by atoms with E-state index >= 15 is 0 Å². The first kappa shape index (κ1) is 28.6. The molecule has 2 aliphatic rings. The SMILES string of the molecule is C1=CC2=c3cccc(N(c4ccc(-c5ccccc5)cc4)c4ccc(-c5cccc6oc7c8ccccc8ccc7c56)cc4)c3=CCC2C=C1. The summed E-state index contributed by atoms with van der Waals surface area (Å²) in [4.78, 5) is 2.41.